The number of halogens is 1. The van der Waals surface area contributed by atoms with E-state index >= 15 is 0 Å². The van der Waals surface area contributed by atoms with Crippen LogP contribution in [0.5, 0.6) is 0 Å². The highest BCUT2D eigenvalue weighted by Gasteiger charge is 2.25. The highest BCUT2D eigenvalue weighted by Crippen LogP contribution is 2.17. The van der Waals surface area contributed by atoms with Crippen molar-refractivity contribution in [3.8, 4) is 0 Å². The number of carbonyl (C=O) groups excluding carboxylic acids is 2. The molecule has 1 aromatic rings. The Hall–Kier alpha value is -1.66. The van der Waals surface area contributed by atoms with E-state index in [1.165, 1.54) is 6.20 Å². The van der Waals surface area contributed by atoms with Gasteiger partial charge in [0.15, 0.2) is 0 Å². The van der Waals surface area contributed by atoms with Gasteiger partial charge in [0.1, 0.15) is 0 Å². The minimum Gasteiger partial charge on any atom is -0.338 e. The van der Waals surface area contributed by atoms with E-state index in [1.54, 1.807) is 22.1 Å². The molecule has 2 heterocycles. The molecule has 0 unspecified atom stereocenters. The standard InChI is InChI=1S/C14H19ClN4O2/c1-17(2)10-13(20)18-5-7-19(8-6-18)14(21)11-3-4-16-9-12(11)15/h3-4,9H,5-8,10H2,1-2H3. The maximum Gasteiger partial charge on any atom is 0.255 e. The maximum absolute atomic E-state index is 12.4. The van der Waals surface area contributed by atoms with Gasteiger partial charge in [0.05, 0.1) is 17.1 Å². The van der Waals surface area contributed by atoms with E-state index in [9.17, 15) is 9.59 Å². The van der Waals surface area contributed by atoms with Crippen LogP contribution in [0.1, 0.15) is 10.4 Å². The van der Waals surface area contributed by atoms with Crippen LogP contribution in [0.15, 0.2) is 18.5 Å². The van der Waals surface area contributed by atoms with Gasteiger partial charge >= 0.3 is 0 Å². The Labute approximate surface area is 129 Å². The van der Waals surface area contributed by atoms with E-state index in [0.717, 1.165) is 0 Å². The summed E-state index contributed by atoms with van der Waals surface area (Å²) in [6.07, 6.45) is 3.02. The minimum absolute atomic E-state index is 0.0917. The molecule has 2 rings (SSSR count). The number of nitrogens with zero attached hydrogens (tertiary/aromatic N) is 4. The summed E-state index contributed by atoms with van der Waals surface area (Å²) in [5.74, 6) is -0.0175. The first-order valence-corrected chi connectivity index (χ1v) is 7.18. The van der Waals surface area contributed by atoms with Crippen LogP contribution in [-0.2, 0) is 4.79 Å². The Kier molecular flexibility index (Phi) is 5.14. The van der Waals surface area contributed by atoms with Gasteiger partial charge < -0.3 is 14.7 Å². The highest BCUT2D eigenvalue weighted by molar-refractivity contribution is 6.33. The minimum atomic E-state index is -0.109. The molecule has 1 saturated heterocycles. The molecule has 0 atom stereocenters. The lowest BCUT2D eigenvalue weighted by atomic mass is 10.2. The molecule has 21 heavy (non-hydrogen) atoms. The number of carbonyl (C=O) groups is 2. The van der Waals surface area contributed by atoms with Gasteiger partial charge in [-0.15, -0.1) is 0 Å². The molecule has 0 aromatic carbocycles. The van der Waals surface area contributed by atoms with Crippen LogP contribution >= 0.6 is 11.6 Å². The van der Waals surface area contributed by atoms with Crippen LogP contribution in [0.3, 0.4) is 0 Å². The largest absolute Gasteiger partial charge is 0.338 e. The first-order chi connectivity index (χ1) is 9.99. The van der Waals surface area contributed by atoms with Gasteiger partial charge in [-0.2, -0.15) is 0 Å². The van der Waals surface area contributed by atoms with Gasteiger partial charge in [0, 0.05) is 38.6 Å². The van der Waals surface area contributed by atoms with Crippen molar-refractivity contribution < 1.29 is 9.59 Å². The normalized spacial score (nSPS) is 15.4. The lowest BCUT2D eigenvalue weighted by molar-refractivity contribution is -0.133. The monoisotopic (exact) mass is 310 g/mol. The van der Waals surface area contributed by atoms with Crippen LogP contribution in [-0.4, -0.2) is 78.3 Å². The molecule has 2 amide bonds. The number of piperazine rings is 1. The van der Waals surface area contributed by atoms with E-state index in [0.29, 0.717) is 43.3 Å². The van der Waals surface area contributed by atoms with Crippen molar-refractivity contribution in [2.45, 2.75) is 0 Å². The van der Waals surface area contributed by atoms with Crippen molar-refractivity contribution in [3.63, 3.8) is 0 Å². The third-order valence-electron chi connectivity index (χ3n) is 3.37. The average Bonchev–Trinajstić information content (AvgIpc) is 2.46. The van der Waals surface area contributed by atoms with Crippen molar-refractivity contribution in [3.05, 3.63) is 29.0 Å². The molecule has 0 saturated carbocycles. The van der Waals surface area contributed by atoms with E-state index in [1.807, 2.05) is 19.0 Å². The molecule has 0 bridgehead atoms. The van der Waals surface area contributed by atoms with Crippen LogP contribution in [0, 0.1) is 0 Å². The fourth-order valence-electron chi connectivity index (χ4n) is 2.25. The molecular formula is C14H19ClN4O2. The maximum atomic E-state index is 12.4. The second kappa shape index (κ2) is 6.87. The molecule has 0 aliphatic carbocycles. The zero-order valence-corrected chi connectivity index (χ0v) is 13.0. The molecule has 1 aliphatic heterocycles. The third-order valence-corrected chi connectivity index (χ3v) is 3.68. The van der Waals surface area contributed by atoms with Crippen molar-refractivity contribution in [1.29, 1.82) is 0 Å². The van der Waals surface area contributed by atoms with Gasteiger partial charge in [0.25, 0.3) is 5.91 Å². The summed E-state index contributed by atoms with van der Waals surface area (Å²) in [6.45, 7) is 2.56. The molecular weight excluding hydrogens is 292 g/mol. The summed E-state index contributed by atoms with van der Waals surface area (Å²) in [5, 5.41) is 0.355. The molecule has 7 heteroatoms. The van der Waals surface area contributed by atoms with Gasteiger partial charge in [-0.25, -0.2) is 0 Å². The molecule has 0 N–H and O–H groups in total. The smallest absolute Gasteiger partial charge is 0.255 e. The number of aromatic nitrogens is 1. The number of hydrogen-bond acceptors (Lipinski definition) is 4. The Balaban J connectivity index is 1.94. The zero-order chi connectivity index (χ0) is 15.4. The lowest BCUT2D eigenvalue weighted by Gasteiger charge is -2.35. The second-order valence-electron chi connectivity index (χ2n) is 5.27. The van der Waals surface area contributed by atoms with E-state index in [2.05, 4.69) is 4.98 Å². The first-order valence-electron chi connectivity index (χ1n) is 6.80. The Morgan fingerprint density at radius 3 is 2.43 bits per heavy atom. The van der Waals surface area contributed by atoms with E-state index in [-0.39, 0.29) is 11.8 Å². The Morgan fingerprint density at radius 2 is 1.86 bits per heavy atom. The number of pyridine rings is 1. The van der Waals surface area contributed by atoms with E-state index in [4.69, 9.17) is 11.6 Å². The summed E-state index contributed by atoms with van der Waals surface area (Å²) in [4.78, 5) is 33.6. The van der Waals surface area contributed by atoms with Gasteiger partial charge in [-0.3, -0.25) is 14.6 Å². The third kappa shape index (κ3) is 3.92. The van der Waals surface area contributed by atoms with Crippen LogP contribution in [0.25, 0.3) is 0 Å². The Bertz CT molecular complexity index is 527. The summed E-state index contributed by atoms with van der Waals surface area (Å²) in [6, 6.07) is 1.62. The summed E-state index contributed by atoms with van der Waals surface area (Å²) in [5.41, 5.74) is 0.458. The molecule has 1 aromatic heterocycles. The highest BCUT2D eigenvalue weighted by atomic mass is 35.5. The summed E-state index contributed by atoms with van der Waals surface area (Å²) in [7, 11) is 3.73. The molecule has 0 spiro atoms. The van der Waals surface area contributed by atoms with Crippen molar-refractivity contribution in [2.24, 2.45) is 0 Å². The predicted molar refractivity (Wildman–Crippen MR) is 80.3 cm³/mol. The predicted octanol–water partition coefficient (Wildman–Crippen LogP) is 0.581. The molecule has 1 aliphatic rings. The van der Waals surface area contributed by atoms with E-state index < -0.39 is 0 Å². The fraction of sp³-hybridized carbons (Fsp3) is 0.500. The number of amides is 2. The molecule has 1 fully saturated rings. The van der Waals surface area contributed by atoms with Crippen LogP contribution in [0.2, 0.25) is 5.02 Å². The van der Waals surface area contributed by atoms with Crippen molar-refractivity contribution in [1.82, 2.24) is 19.7 Å². The van der Waals surface area contributed by atoms with Crippen LogP contribution in [0.4, 0.5) is 0 Å². The van der Waals surface area contributed by atoms with Gasteiger partial charge in [-0.05, 0) is 20.2 Å². The topological polar surface area (TPSA) is 56.8 Å². The average molecular weight is 311 g/mol. The van der Waals surface area contributed by atoms with Crippen LogP contribution < -0.4 is 0 Å². The number of hydrogen-bond donors (Lipinski definition) is 0. The summed E-state index contributed by atoms with van der Waals surface area (Å²) < 4.78 is 0. The fourth-order valence-corrected chi connectivity index (χ4v) is 2.45. The summed E-state index contributed by atoms with van der Waals surface area (Å²) >= 11 is 5.99. The molecule has 6 nitrogen and oxygen atoms in total. The van der Waals surface area contributed by atoms with Crippen molar-refractivity contribution >= 4 is 23.4 Å². The van der Waals surface area contributed by atoms with Gasteiger partial charge in [-0.1, -0.05) is 11.6 Å². The SMILES string of the molecule is CN(C)CC(=O)N1CCN(C(=O)c2ccncc2Cl)CC1. The second-order valence-corrected chi connectivity index (χ2v) is 5.67. The lowest BCUT2D eigenvalue weighted by Crippen LogP contribution is -2.52. The molecule has 0 radical (unpaired) electrons. The molecule has 114 valence electrons. The Morgan fingerprint density at radius 1 is 1.24 bits per heavy atom. The van der Waals surface area contributed by atoms with Crippen molar-refractivity contribution in [2.75, 3.05) is 46.8 Å². The number of rotatable bonds is 3. The van der Waals surface area contributed by atoms with Gasteiger partial charge in [0.2, 0.25) is 5.91 Å². The zero-order valence-electron chi connectivity index (χ0n) is 12.3. The first kappa shape index (κ1) is 15.7. The number of likely N-dealkylation sites (N-methyl/N-ethyl adjacent to an activating group) is 1. The quantitative estimate of drug-likeness (QED) is 0.819.